The number of hydrogen-bond acceptors (Lipinski definition) is 2. The van der Waals surface area contributed by atoms with Gasteiger partial charge in [0, 0.05) is 13.1 Å². The third-order valence-electron chi connectivity index (χ3n) is 2.56. The molecule has 0 aliphatic carbocycles. The Morgan fingerprint density at radius 1 is 1.31 bits per heavy atom. The topological polar surface area (TPSA) is 15.6 Å². The fourth-order valence-corrected chi connectivity index (χ4v) is 1.03. The summed E-state index contributed by atoms with van der Waals surface area (Å²) in [5.41, 5.74) is 2.30. The van der Waals surface area contributed by atoms with E-state index in [9.17, 15) is 0 Å². The quantitative estimate of drug-likeness (QED) is 0.377. The molecule has 92 valence electrons. The van der Waals surface area contributed by atoms with Crippen molar-refractivity contribution in [3.05, 3.63) is 23.8 Å². The maximum atomic E-state index is 4.52. The van der Waals surface area contributed by atoms with Gasteiger partial charge in [-0.3, -0.25) is 5.01 Å². The largest absolute Gasteiger partial charge is 0.297 e. The van der Waals surface area contributed by atoms with Crippen molar-refractivity contribution in [1.82, 2.24) is 5.01 Å². The molecular weight excluding hydrogens is 196 g/mol. The molecule has 0 unspecified atom stereocenters. The normalized spacial score (nSPS) is 13.9. The molecule has 0 heterocycles. The van der Waals surface area contributed by atoms with Crippen molar-refractivity contribution in [2.45, 2.75) is 53.5 Å². The molecule has 0 bridgehead atoms. The Morgan fingerprint density at radius 2 is 1.94 bits per heavy atom. The maximum absolute atomic E-state index is 4.52. The molecule has 0 N–H and O–H groups in total. The first-order valence-corrected chi connectivity index (χ1v) is 6.10. The first-order chi connectivity index (χ1) is 7.49. The average Bonchev–Trinajstić information content (AvgIpc) is 2.23. The zero-order valence-corrected chi connectivity index (χ0v) is 11.6. The van der Waals surface area contributed by atoms with E-state index in [1.54, 1.807) is 0 Å². The molecule has 0 rings (SSSR count). The molecular formula is C14H26N2. The van der Waals surface area contributed by atoms with Gasteiger partial charge in [0.15, 0.2) is 0 Å². The first-order valence-electron chi connectivity index (χ1n) is 6.10. The van der Waals surface area contributed by atoms with Gasteiger partial charge in [-0.15, -0.1) is 0 Å². The van der Waals surface area contributed by atoms with E-state index in [-0.39, 0.29) is 0 Å². The van der Waals surface area contributed by atoms with Crippen LogP contribution in [0.2, 0.25) is 0 Å². The Kier molecular flexibility index (Phi) is 7.61. The molecule has 0 aromatic carbocycles. The van der Waals surface area contributed by atoms with Crippen LogP contribution in [0.5, 0.6) is 0 Å². The summed E-state index contributed by atoms with van der Waals surface area (Å²) in [5.74, 6) is 0. The zero-order chi connectivity index (χ0) is 12.6. The fraction of sp³-hybridized carbons (Fsp3) is 0.643. The summed E-state index contributed by atoms with van der Waals surface area (Å²) in [4.78, 5) is 0. The minimum absolute atomic E-state index is 0.443. The van der Waals surface area contributed by atoms with Gasteiger partial charge >= 0.3 is 0 Å². The van der Waals surface area contributed by atoms with Crippen LogP contribution in [-0.4, -0.2) is 23.8 Å². The molecule has 0 atom stereocenters. The lowest BCUT2D eigenvalue weighted by Gasteiger charge is -2.18. The van der Waals surface area contributed by atoms with E-state index in [4.69, 9.17) is 0 Å². The second kappa shape index (κ2) is 8.14. The molecule has 2 nitrogen and oxygen atoms in total. The van der Waals surface area contributed by atoms with E-state index in [2.05, 4.69) is 57.9 Å². The van der Waals surface area contributed by atoms with Crippen molar-refractivity contribution in [3.63, 3.8) is 0 Å². The van der Waals surface area contributed by atoms with Gasteiger partial charge in [-0.05, 0) is 39.7 Å². The van der Waals surface area contributed by atoms with Crippen LogP contribution in [0.15, 0.2) is 28.9 Å². The van der Waals surface area contributed by atoms with Crippen LogP contribution in [0.25, 0.3) is 0 Å². The highest BCUT2D eigenvalue weighted by Gasteiger charge is 2.00. The molecule has 0 radical (unpaired) electrons. The molecule has 0 aromatic heterocycles. The van der Waals surface area contributed by atoms with Gasteiger partial charge in [0.2, 0.25) is 0 Å². The van der Waals surface area contributed by atoms with Crippen LogP contribution in [-0.2, 0) is 0 Å². The van der Waals surface area contributed by atoms with Crippen molar-refractivity contribution < 1.29 is 0 Å². The molecule has 2 heteroatoms. The Labute approximate surface area is 101 Å². The second-order valence-corrected chi connectivity index (χ2v) is 4.42. The van der Waals surface area contributed by atoms with Crippen molar-refractivity contribution in [2.75, 3.05) is 7.05 Å². The van der Waals surface area contributed by atoms with Crippen LogP contribution >= 0.6 is 0 Å². The second-order valence-electron chi connectivity index (χ2n) is 4.42. The first kappa shape index (κ1) is 14.9. The van der Waals surface area contributed by atoms with Crippen LogP contribution in [0.4, 0.5) is 0 Å². The predicted octanol–water partition coefficient (Wildman–Crippen LogP) is 4.01. The van der Waals surface area contributed by atoms with Crippen LogP contribution in [0.3, 0.4) is 0 Å². The number of allylic oxidation sites excluding steroid dienone is 4. The summed E-state index contributed by atoms with van der Waals surface area (Å²) >= 11 is 0. The number of hydrazone groups is 1. The highest BCUT2D eigenvalue weighted by molar-refractivity contribution is 5.97. The van der Waals surface area contributed by atoms with Gasteiger partial charge in [0.05, 0.1) is 5.71 Å². The summed E-state index contributed by atoms with van der Waals surface area (Å²) in [7, 11) is 2.01. The molecule has 0 spiro atoms. The molecule has 0 saturated heterocycles. The smallest absolute Gasteiger partial charge is 0.0603 e. The third kappa shape index (κ3) is 6.44. The van der Waals surface area contributed by atoms with Gasteiger partial charge in [-0.1, -0.05) is 31.6 Å². The SMILES string of the molecule is CCCC=CC=C(C)C(C)=NN(C)C(C)C. The number of nitrogens with zero attached hydrogens (tertiary/aromatic N) is 2. The van der Waals surface area contributed by atoms with Crippen molar-refractivity contribution in [2.24, 2.45) is 5.10 Å². The van der Waals surface area contributed by atoms with E-state index in [1.165, 1.54) is 12.0 Å². The van der Waals surface area contributed by atoms with Gasteiger partial charge < -0.3 is 0 Å². The van der Waals surface area contributed by atoms with Crippen LogP contribution in [0.1, 0.15) is 47.5 Å². The van der Waals surface area contributed by atoms with Gasteiger partial charge in [-0.2, -0.15) is 5.10 Å². The number of hydrogen-bond donors (Lipinski definition) is 0. The lowest BCUT2D eigenvalue weighted by atomic mass is 10.2. The van der Waals surface area contributed by atoms with Crippen LogP contribution < -0.4 is 0 Å². The summed E-state index contributed by atoms with van der Waals surface area (Å²) in [6.07, 6.45) is 8.79. The molecule has 0 fully saturated rings. The molecule has 0 aliphatic rings. The molecule has 0 aromatic rings. The molecule has 0 saturated carbocycles. The molecule has 0 aliphatic heterocycles. The van der Waals surface area contributed by atoms with Crippen molar-refractivity contribution in [3.8, 4) is 0 Å². The van der Waals surface area contributed by atoms with Crippen molar-refractivity contribution >= 4 is 5.71 Å². The number of unbranched alkanes of at least 4 members (excludes halogenated alkanes) is 1. The van der Waals surface area contributed by atoms with Crippen LogP contribution in [0, 0.1) is 0 Å². The maximum Gasteiger partial charge on any atom is 0.0603 e. The average molecular weight is 222 g/mol. The van der Waals surface area contributed by atoms with Crippen molar-refractivity contribution in [1.29, 1.82) is 0 Å². The molecule has 16 heavy (non-hydrogen) atoms. The standard InChI is InChI=1S/C14H26N2/c1-7-8-9-10-11-13(4)14(5)15-16(6)12(2)3/h9-12H,7-8H2,1-6H3. The summed E-state index contributed by atoms with van der Waals surface area (Å²) < 4.78 is 0. The van der Waals surface area contributed by atoms with E-state index >= 15 is 0 Å². The van der Waals surface area contributed by atoms with E-state index in [0.717, 1.165) is 12.1 Å². The lowest BCUT2D eigenvalue weighted by Crippen LogP contribution is -2.21. The van der Waals surface area contributed by atoms with E-state index in [1.807, 2.05) is 12.1 Å². The van der Waals surface area contributed by atoms with E-state index < -0.39 is 0 Å². The van der Waals surface area contributed by atoms with Gasteiger partial charge in [0.25, 0.3) is 0 Å². The fourth-order valence-electron chi connectivity index (χ4n) is 1.03. The highest BCUT2D eigenvalue weighted by Crippen LogP contribution is 2.02. The van der Waals surface area contributed by atoms with Gasteiger partial charge in [0.1, 0.15) is 0 Å². The third-order valence-corrected chi connectivity index (χ3v) is 2.56. The Morgan fingerprint density at radius 3 is 2.44 bits per heavy atom. The molecule has 0 amide bonds. The van der Waals surface area contributed by atoms with E-state index in [0.29, 0.717) is 6.04 Å². The Balaban J connectivity index is 4.42. The Bertz CT molecular complexity index is 272. The lowest BCUT2D eigenvalue weighted by molar-refractivity contribution is 0.288. The summed E-state index contributed by atoms with van der Waals surface area (Å²) in [5, 5.41) is 6.51. The highest BCUT2D eigenvalue weighted by atomic mass is 15.4. The Hall–Kier alpha value is -1.05. The monoisotopic (exact) mass is 222 g/mol. The predicted molar refractivity (Wildman–Crippen MR) is 73.8 cm³/mol. The zero-order valence-electron chi connectivity index (χ0n) is 11.6. The minimum atomic E-state index is 0.443. The van der Waals surface area contributed by atoms with Gasteiger partial charge in [-0.25, -0.2) is 0 Å². The summed E-state index contributed by atoms with van der Waals surface area (Å²) in [6, 6.07) is 0.443. The minimum Gasteiger partial charge on any atom is -0.297 e. The number of rotatable bonds is 6. The summed E-state index contributed by atoms with van der Waals surface area (Å²) in [6.45, 7) is 10.6.